The van der Waals surface area contributed by atoms with Crippen LogP contribution in [0.25, 0.3) is 16.7 Å². The highest BCUT2D eigenvalue weighted by Crippen LogP contribution is 2.31. The molecule has 1 saturated heterocycles. The fourth-order valence-electron chi connectivity index (χ4n) is 5.85. The van der Waals surface area contributed by atoms with Crippen LogP contribution in [0.4, 0.5) is 5.82 Å². The van der Waals surface area contributed by atoms with Crippen LogP contribution in [-0.4, -0.2) is 56.7 Å². The Labute approximate surface area is 214 Å². The number of amides is 1. The number of hydrogen-bond donors (Lipinski definition) is 0. The Hall–Kier alpha value is -2.96. The molecule has 7 nitrogen and oxygen atoms in total. The van der Waals surface area contributed by atoms with E-state index in [2.05, 4.69) is 35.8 Å². The summed E-state index contributed by atoms with van der Waals surface area (Å²) in [5.41, 5.74) is 1.86. The maximum atomic E-state index is 13.0. The lowest BCUT2D eigenvalue weighted by Crippen LogP contribution is -2.35. The second-order valence-electron chi connectivity index (χ2n) is 10.6. The normalized spacial score (nSPS) is 18.1. The molecule has 5 rings (SSSR count). The summed E-state index contributed by atoms with van der Waals surface area (Å²) in [5.74, 6) is 3.20. The molecule has 3 heterocycles. The number of rotatable bonds is 8. The van der Waals surface area contributed by atoms with Gasteiger partial charge in [-0.2, -0.15) is 5.10 Å². The molecule has 2 fully saturated rings. The standard InChI is InChI=1S/C29H40N6O/c1-3-10-22(2)27-31-28(25-21-30-35(29(25)32-27)24-13-5-4-6-14-24)34-18-9-17-33(19-20-34)26(36)16-15-23-11-7-8-12-23/h4-6,13-14,21-23H,3,7-12,15-20H2,1-2H3/t22-/m1/s1. The maximum Gasteiger partial charge on any atom is 0.222 e. The summed E-state index contributed by atoms with van der Waals surface area (Å²) in [7, 11) is 0. The number of carbonyl (C=O) groups is 1. The van der Waals surface area contributed by atoms with E-state index < -0.39 is 0 Å². The van der Waals surface area contributed by atoms with Crippen molar-refractivity contribution in [3.8, 4) is 5.69 Å². The maximum absolute atomic E-state index is 13.0. The Bertz CT molecular complexity index is 1150. The van der Waals surface area contributed by atoms with Crippen molar-refractivity contribution in [2.75, 3.05) is 31.1 Å². The van der Waals surface area contributed by atoms with E-state index in [4.69, 9.17) is 15.1 Å². The Kier molecular flexibility index (Phi) is 7.83. The smallest absolute Gasteiger partial charge is 0.222 e. The number of para-hydroxylation sites is 1. The molecule has 2 aromatic heterocycles. The molecule has 2 aliphatic rings. The van der Waals surface area contributed by atoms with Crippen molar-refractivity contribution in [3.63, 3.8) is 0 Å². The molecule has 0 spiro atoms. The van der Waals surface area contributed by atoms with E-state index in [0.717, 1.165) is 86.1 Å². The van der Waals surface area contributed by atoms with E-state index in [-0.39, 0.29) is 5.92 Å². The Balaban J connectivity index is 1.39. The second-order valence-corrected chi connectivity index (χ2v) is 10.6. The number of benzene rings is 1. The molecule has 0 N–H and O–H groups in total. The van der Waals surface area contributed by atoms with Crippen molar-refractivity contribution >= 4 is 22.8 Å². The molecule has 0 bridgehead atoms. The summed E-state index contributed by atoms with van der Waals surface area (Å²) in [5, 5.41) is 5.70. The Morgan fingerprint density at radius 3 is 2.61 bits per heavy atom. The van der Waals surface area contributed by atoms with Crippen molar-refractivity contribution in [3.05, 3.63) is 42.4 Å². The van der Waals surface area contributed by atoms with E-state index in [1.165, 1.54) is 25.7 Å². The first-order chi connectivity index (χ1) is 17.6. The molecule has 1 aliphatic heterocycles. The third kappa shape index (κ3) is 5.40. The summed E-state index contributed by atoms with van der Waals surface area (Å²) in [6.07, 6.45) is 12.0. The zero-order valence-electron chi connectivity index (χ0n) is 21.9. The van der Waals surface area contributed by atoms with E-state index in [1.807, 2.05) is 29.1 Å². The molecule has 1 aliphatic carbocycles. The van der Waals surface area contributed by atoms with Crippen molar-refractivity contribution in [2.45, 2.75) is 77.6 Å². The van der Waals surface area contributed by atoms with Crippen LogP contribution in [0.15, 0.2) is 36.5 Å². The molecule has 1 aromatic carbocycles. The average molecular weight is 489 g/mol. The quantitative estimate of drug-likeness (QED) is 0.405. The summed E-state index contributed by atoms with van der Waals surface area (Å²) < 4.78 is 1.93. The molecule has 0 unspecified atom stereocenters. The molecule has 3 aromatic rings. The number of nitrogens with zero attached hydrogens (tertiary/aromatic N) is 6. The first-order valence-electron chi connectivity index (χ1n) is 14.0. The summed E-state index contributed by atoms with van der Waals surface area (Å²) >= 11 is 0. The molecule has 1 atom stereocenters. The Morgan fingerprint density at radius 1 is 1.03 bits per heavy atom. The van der Waals surface area contributed by atoms with E-state index in [1.54, 1.807) is 0 Å². The van der Waals surface area contributed by atoms with Gasteiger partial charge in [0.15, 0.2) is 5.65 Å². The van der Waals surface area contributed by atoms with Gasteiger partial charge in [-0.1, -0.05) is 64.2 Å². The van der Waals surface area contributed by atoms with Crippen LogP contribution >= 0.6 is 0 Å². The van der Waals surface area contributed by atoms with Gasteiger partial charge in [-0.15, -0.1) is 0 Å². The first kappa shape index (κ1) is 24.7. The van der Waals surface area contributed by atoms with Crippen molar-refractivity contribution in [1.82, 2.24) is 24.6 Å². The van der Waals surface area contributed by atoms with Gasteiger partial charge in [0.05, 0.1) is 17.3 Å². The minimum Gasteiger partial charge on any atom is -0.354 e. The molecule has 192 valence electrons. The molecule has 1 saturated carbocycles. The van der Waals surface area contributed by atoms with Gasteiger partial charge in [0, 0.05) is 38.5 Å². The number of anilines is 1. The lowest BCUT2D eigenvalue weighted by molar-refractivity contribution is -0.131. The van der Waals surface area contributed by atoms with E-state index >= 15 is 0 Å². The van der Waals surface area contributed by atoms with E-state index in [9.17, 15) is 4.79 Å². The van der Waals surface area contributed by atoms with Crippen molar-refractivity contribution < 1.29 is 4.79 Å². The number of carbonyl (C=O) groups excluding carboxylic acids is 1. The van der Waals surface area contributed by atoms with Crippen molar-refractivity contribution in [2.24, 2.45) is 5.92 Å². The third-order valence-corrected chi connectivity index (χ3v) is 7.98. The van der Waals surface area contributed by atoms with Crippen LogP contribution in [0.2, 0.25) is 0 Å². The van der Waals surface area contributed by atoms with Gasteiger partial charge in [-0.3, -0.25) is 4.79 Å². The number of hydrogen-bond acceptors (Lipinski definition) is 5. The Morgan fingerprint density at radius 2 is 1.83 bits per heavy atom. The zero-order valence-corrected chi connectivity index (χ0v) is 21.9. The topological polar surface area (TPSA) is 67.2 Å². The second kappa shape index (κ2) is 11.4. The van der Waals surface area contributed by atoms with Crippen LogP contribution in [0.3, 0.4) is 0 Å². The summed E-state index contributed by atoms with van der Waals surface area (Å²) in [6, 6.07) is 10.2. The molecular formula is C29H40N6O. The van der Waals surface area contributed by atoms with Crippen LogP contribution in [0.5, 0.6) is 0 Å². The van der Waals surface area contributed by atoms with Crippen LogP contribution in [0, 0.1) is 5.92 Å². The number of aromatic nitrogens is 4. The predicted octanol–water partition coefficient (Wildman–Crippen LogP) is 5.73. The fourth-order valence-corrected chi connectivity index (χ4v) is 5.85. The van der Waals surface area contributed by atoms with Gasteiger partial charge in [0.2, 0.25) is 5.91 Å². The third-order valence-electron chi connectivity index (χ3n) is 7.98. The minimum atomic E-state index is 0.276. The lowest BCUT2D eigenvalue weighted by Gasteiger charge is -2.24. The van der Waals surface area contributed by atoms with Gasteiger partial charge >= 0.3 is 0 Å². The van der Waals surface area contributed by atoms with Crippen molar-refractivity contribution in [1.29, 1.82) is 0 Å². The predicted molar refractivity (Wildman–Crippen MR) is 145 cm³/mol. The monoisotopic (exact) mass is 488 g/mol. The summed E-state index contributed by atoms with van der Waals surface area (Å²) in [6.45, 7) is 7.68. The summed E-state index contributed by atoms with van der Waals surface area (Å²) in [4.78, 5) is 27.6. The largest absolute Gasteiger partial charge is 0.354 e. The highest BCUT2D eigenvalue weighted by Gasteiger charge is 2.25. The average Bonchev–Trinajstić information content (AvgIpc) is 3.52. The first-order valence-corrected chi connectivity index (χ1v) is 14.0. The minimum absolute atomic E-state index is 0.276. The molecule has 36 heavy (non-hydrogen) atoms. The van der Waals surface area contributed by atoms with E-state index in [0.29, 0.717) is 12.3 Å². The highest BCUT2D eigenvalue weighted by molar-refractivity contribution is 5.88. The van der Waals surface area contributed by atoms with Gasteiger partial charge in [0.25, 0.3) is 0 Å². The van der Waals surface area contributed by atoms with Gasteiger partial charge in [-0.25, -0.2) is 14.6 Å². The fraction of sp³-hybridized carbons (Fsp3) is 0.586. The molecular weight excluding hydrogens is 448 g/mol. The molecule has 1 amide bonds. The van der Waals surface area contributed by atoms with Gasteiger partial charge in [-0.05, 0) is 37.3 Å². The van der Waals surface area contributed by atoms with Crippen LogP contribution in [0.1, 0.15) is 83.4 Å². The molecule has 7 heteroatoms. The number of fused-ring (bicyclic) bond motifs is 1. The molecule has 0 radical (unpaired) electrons. The van der Waals surface area contributed by atoms with Crippen LogP contribution < -0.4 is 4.90 Å². The zero-order chi connectivity index (χ0) is 24.9. The SMILES string of the molecule is CCC[C@@H](C)c1nc(N2CCCN(C(=O)CCC3CCCC3)CC2)c2cnn(-c3ccccc3)c2n1. The lowest BCUT2D eigenvalue weighted by atomic mass is 10.0. The highest BCUT2D eigenvalue weighted by atomic mass is 16.2. The van der Waals surface area contributed by atoms with Crippen LogP contribution in [-0.2, 0) is 4.79 Å². The van der Waals surface area contributed by atoms with Gasteiger partial charge in [0.1, 0.15) is 11.6 Å². The van der Waals surface area contributed by atoms with Gasteiger partial charge < -0.3 is 9.80 Å².